The maximum absolute atomic E-state index is 11.9. The zero-order valence-electron chi connectivity index (χ0n) is 12.4. The highest BCUT2D eigenvalue weighted by atomic mass is 16.5. The van der Waals surface area contributed by atoms with Crippen LogP contribution in [-0.2, 0) is 4.74 Å². The maximum Gasteiger partial charge on any atom is 0.338 e. The second-order valence-corrected chi connectivity index (χ2v) is 4.93. The number of anilines is 2. The number of rotatable bonds is 4. The average molecular weight is 310 g/mol. The van der Waals surface area contributed by atoms with Crippen molar-refractivity contribution < 1.29 is 19.1 Å². The lowest BCUT2D eigenvalue weighted by Gasteiger charge is -2.10. The van der Waals surface area contributed by atoms with Gasteiger partial charge in [0.25, 0.3) is 11.8 Å². The van der Waals surface area contributed by atoms with E-state index in [9.17, 15) is 14.4 Å². The highest BCUT2D eigenvalue weighted by Crippen LogP contribution is 2.27. The second-order valence-electron chi connectivity index (χ2n) is 4.93. The molecule has 0 atom stereocenters. The van der Waals surface area contributed by atoms with Gasteiger partial charge in [0.05, 0.1) is 29.0 Å². The summed E-state index contributed by atoms with van der Waals surface area (Å²) in [6.45, 7) is 2.06. The molecule has 23 heavy (non-hydrogen) atoms. The third-order valence-electron chi connectivity index (χ3n) is 3.44. The summed E-state index contributed by atoms with van der Waals surface area (Å²) in [6, 6.07) is 11.7. The summed E-state index contributed by atoms with van der Waals surface area (Å²) < 4.78 is 4.92. The first-order valence-electron chi connectivity index (χ1n) is 7.13. The number of benzene rings is 2. The van der Waals surface area contributed by atoms with Crippen molar-refractivity contribution >= 4 is 29.2 Å². The summed E-state index contributed by atoms with van der Waals surface area (Å²) in [5.41, 5.74) is 2.35. The molecule has 6 nitrogen and oxygen atoms in total. The Morgan fingerprint density at radius 2 is 1.83 bits per heavy atom. The van der Waals surface area contributed by atoms with Crippen molar-refractivity contribution in [1.29, 1.82) is 0 Å². The first-order valence-corrected chi connectivity index (χ1v) is 7.13. The third kappa shape index (κ3) is 2.78. The van der Waals surface area contributed by atoms with E-state index in [2.05, 4.69) is 10.6 Å². The van der Waals surface area contributed by atoms with Crippen LogP contribution in [0.2, 0.25) is 0 Å². The molecule has 0 fully saturated rings. The van der Waals surface area contributed by atoms with Gasteiger partial charge in [-0.25, -0.2) is 4.79 Å². The Kier molecular flexibility index (Phi) is 3.80. The average Bonchev–Trinajstić information content (AvgIpc) is 2.84. The standard InChI is InChI=1S/C17H14N2O4/c1-2-23-17(22)10-6-8-11(9-7-10)18-13-5-3-4-12-14(13)16(21)19-15(12)20/h3-9,18H,2H2,1H3,(H,19,20,21). The summed E-state index contributed by atoms with van der Waals surface area (Å²) in [5.74, 6) is -1.20. The van der Waals surface area contributed by atoms with Gasteiger partial charge in [-0.1, -0.05) is 6.07 Å². The molecule has 1 aliphatic heterocycles. The molecule has 0 unspecified atom stereocenters. The molecular formula is C17H14N2O4. The summed E-state index contributed by atoms with van der Waals surface area (Å²) in [5, 5.41) is 5.36. The molecule has 0 spiro atoms. The van der Waals surface area contributed by atoms with Gasteiger partial charge in [0, 0.05) is 5.69 Å². The molecule has 0 saturated carbocycles. The van der Waals surface area contributed by atoms with Crippen LogP contribution in [-0.4, -0.2) is 24.4 Å². The lowest BCUT2D eigenvalue weighted by Crippen LogP contribution is -2.20. The fourth-order valence-corrected chi connectivity index (χ4v) is 2.38. The van der Waals surface area contributed by atoms with E-state index in [-0.39, 0.29) is 5.97 Å². The molecule has 2 amide bonds. The molecule has 3 rings (SSSR count). The van der Waals surface area contributed by atoms with Crippen molar-refractivity contribution in [2.24, 2.45) is 0 Å². The third-order valence-corrected chi connectivity index (χ3v) is 3.44. The molecule has 0 bridgehead atoms. The number of nitrogens with one attached hydrogen (secondary N) is 2. The Bertz CT molecular complexity index is 797. The van der Waals surface area contributed by atoms with Crippen LogP contribution in [0.1, 0.15) is 38.0 Å². The van der Waals surface area contributed by atoms with Crippen molar-refractivity contribution in [2.45, 2.75) is 6.92 Å². The van der Waals surface area contributed by atoms with Crippen molar-refractivity contribution in [2.75, 3.05) is 11.9 Å². The predicted octanol–water partition coefficient (Wildman–Crippen LogP) is 2.49. The first-order chi connectivity index (χ1) is 11.1. The Balaban J connectivity index is 1.85. The van der Waals surface area contributed by atoms with E-state index in [0.29, 0.717) is 34.7 Å². The number of imide groups is 1. The van der Waals surface area contributed by atoms with Crippen LogP contribution >= 0.6 is 0 Å². The quantitative estimate of drug-likeness (QED) is 0.669. The van der Waals surface area contributed by atoms with Gasteiger partial charge in [-0.15, -0.1) is 0 Å². The van der Waals surface area contributed by atoms with Crippen LogP contribution in [0, 0.1) is 0 Å². The smallest absolute Gasteiger partial charge is 0.338 e. The molecule has 0 aromatic heterocycles. The van der Waals surface area contributed by atoms with Gasteiger partial charge in [0.1, 0.15) is 0 Å². The summed E-state index contributed by atoms with van der Waals surface area (Å²) in [7, 11) is 0. The van der Waals surface area contributed by atoms with Crippen molar-refractivity contribution in [3.05, 3.63) is 59.2 Å². The number of carbonyl (C=O) groups excluding carboxylic acids is 3. The van der Waals surface area contributed by atoms with Crippen LogP contribution in [0.3, 0.4) is 0 Å². The zero-order chi connectivity index (χ0) is 16.4. The summed E-state index contributed by atoms with van der Waals surface area (Å²) in [6.07, 6.45) is 0. The van der Waals surface area contributed by atoms with Gasteiger partial charge in [-0.2, -0.15) is 0 Å². The van der Waals surface area contributed by atoms with E-state index in [4.69, 9.17) is 4.74 Å². The van der Waals surface area contributed by atoms with E-state index < -0.39 is 11.8 Å². The van der Waals surface area contributed by atoms with Gasteiger partial charge >= 0.3 is 5.97 Å². The van der Waals surface area contributed by atoms with E-state index in [1.807, 2.05) is 0 Å². The van der Waals surface area contributed by atoms with Crippen LogP contribution in [0.5, 0.6) is 0 Å². The number of carbonyl (C=O) groups is 3. The molecular weight excluding hydrogens is 296 g/mol. The van der Waals surface area contributed by atoms with Crippen LogP contribution in [0.4, 0.5) is 11.4 Å². The van der Waals surface area contributed by atoms with Gasteiger partial charge < -0.3 is 10.1 Å². The minimum absolute atomic E-state index is 0.318. The van der Waals surface area contributed by atoms with E-state index in [1.165, 1.54) is 0 Å². The zero-order valence-corrected chi connectivity index (χ0v) is 12.4. The Morgan fingerprint density at radius 3 is 2.52 bits per heavy atom. The lowest BCUT2D eigenvalue weighted by molar-refractivity contribution is 0.0526. The van der Waals surface area contributed by atoms with Crippen LogP contribution in [0.15, 0.2) is 42.5 Å². The molecule has 1 heterocycles. The Morgan fingerprint density at radius 1 is 1.09 bits per heavy atom. The first kappa shape index (κ1) is 14.8. The largest absolute Gasteiger partial charge is 0.462 e. The number of amides is 2. The highest BCUT2D eigenvalue weighted by Gasteiger charge is 2.29. The SMILES string of the molecule is CCOC(=O)c1ccc(Nc2cccc3c2C(=O)NC3=O)cc1. The van der Waals surface area contributed by atoms with Crippen LogP contribution < -0.4 is 10.6 Å². The van der Waals surface area contributed by atoms with E-state index in [0.717, 1.165) is 0 Å². The lowest BCUT2D eigenvalue weighted by atomic mass is 10.1. The topological polar surface area (TPSA) is 84.5 Å². The van der Waals surface area contributed by atoms with Gasteiger partial charge in [0.2, 0.25) is 0 Å². The maximum atomic E-state index is 11.9. The molecule has 0 radical (unpaired) electrons. The fourth-order valence-electron chi connectivity index (χ4n) is 2.38. The number of ether oxygens (including phenoxy) is 1. The minimum atomic E-state index is -0.420. The second kappa shape index (κ2) is 5.92. The molecule has 2 aromatic rings. The molecule has 0 aliphatic carbocycles. The Hall–Kier alpha value is -3.15. The number of fused-ring (bicyclic) bond motifs is 1. The van der Waals surface area contributed by atoms with Crippen molar-refractivity contribution in [1.82, 2.24) is 5.32 Å². The van der Waals surface area contributed by atoms with Crippen molar-refractivity contribution in [3.8, 4) is 0 Å². The summed E-state index contributed by atoms with van der Waals surface area (Å²) >= 11 is 0. The van der Waals surface area contributed by atoms with Crippen LogP contribution in [0.25, 0.3) is 0 Å². The number of hydrogen-bond donors (Lipinski definition) is 2. The molecule has 1 aliphatic rings. The molecule has 2 aromatic carbocycles. The molecule has 2 N–H and O–H groups in total. The fraction of sp³-hybridized carbons (Fsp3) is 0.118. The Labute approximate surface area is 132 Å². The number of esters is 1. The van der Waals surface area contributed by atoms with E-state index >= 15 is 0 Å². The summed E-state index contributed by atoms with van der Waals surface area (Å²) in [4.78, 5) is 35.1. The predicted molar refractivity (Wildman–Crippen MR) is 83.9 cm³/mol. The van der Waals surface area contributed by atoms with Gasteiger partial charge in [-0.3, -0.25) is 14.9 Å². The van der Waals surface area contributed by atoms with Gasteiger partial charge in [-0.05, 0) is 43.3 Å². The van der Waals surface area contributed by atoms with E-state index in [1.54, 1.807) is 49.4 Å². The molecule has 0 saturated heterocycles. The van der Waals surface area contributed by atoms with Crippen molar-refractivity contribution in [3.63, 3.8) is 0 Å². The highest BCUT2D eigenvalue weighted by molar-refractivity contribution is 6.24. The number of hydrogen-bond acceptors (Lipinski definition) is 5. The normalized spacial score (nSPS) is 12.6. The minimum Gasteiger partial charge on any atom is -0.462 e. The monoisotopic (exact) mass is 310 g/mol. The molecule has 116 valence electrons. The molecule has 6 heteroatoms. The van der Waals surface area contributed by atoms with Gasteiger partial charge in [0.15, 0.2) is 0 Å².